The van der Waals surface area contributed by atoms with Crippen LogP contribution in [0.25, 0.3) is 0 Å². The summed E-state index contributed by atoms with van der Waals surface area (Å²) in [5.74, 6) is -0.971. The van der Waals surface area contributed by atoms with E-state index in [1.807, 2.05) is 0 Å². The minimum Gasteiger partial charge on any atom is -0.478 e. The van der Waals surface area contributed by atoms with Gasteiger partial charge >= 0.3 is 12.0 Å². The first-order valence-corrected chi connectivity index (χ1v) is 9.65. The van der Waals surface area contributed by atoms with Gasteiger partial charge in [0.1, 0.15) is 0 Å². The predicted molar refractivity (Wildman–Crippen MR) is 76.6 cm³/mol. The van der Waals surface area contributed by atoms with E-state index in [-0.39, 0.29) is 29.2 Å². The van der Waals surface area contributed by atoms with Crippen molar-refractivity contribution in [3.8, 4) is 0 Å². The minimum absolute atomic E-state index is 0.0152. The lowest BCUT2D eigenvalue weighted by atomic mass is 10.1. The van der Waals surface area contributed by atoms with E-state index in [1.54, 1.807) is 6.08 Å². The lowest BCUT2D eigenvalue weighted by Crippen LogP contribution is -2.49. The highest BCUT2D eigenvalue weighted by Gasteiger charge is 2.47. The summed E-state index contributed by atoms with van der Waals surface area (Å²) >= 11 is 0. The van der Waals surface area contributed by atoms with E-state index in [1.165, 1.54) is 9.96 Å². The average Bonchev–Trinajstić information content (AvgIpc) is 2.51. The third kappa shape index (κ3) is 2.47. The maximum atomic E-state index is 12.3. The number of amides is 2. The maximum Gasteiger partial charge on any atom is 0.343 e. The number of carboxylic acids is 1. The second-order valence-electron chi connectivity index (χ2n) is 6.90. The Hall–Kier alpha value is -1.34. The maximum absolute atomic E-state index is 12.3. The number of fused-ring (bicyclic) bond motifs is 2. The fourth-order valence-electron chi connectivity index (χ4n) is 2.03. The van der Waals surface area contributed by atoms with Crippen molar-refractivity contribution in [1.29, 1.82) is 0 Å². The SMILES string of the molecule is CC(C)(C)[Si](C)(C)ON1C(=O)N2CC(C(=O)O)=C[C@@H]1C2. The Morgan fingerprint density at radius 2 is 2.05 bits per heavy atom. The average molecular weight is 298 g/mol. The zero-order chi connectivity index (χ0) is 15.3. The lowest BCUT2D eigenvalue weighted by molar-refractivity contribution is -0.133. The van der Waals surface area contributed by atoms with Gasteiger partial charge in [-0.1, -0.05) is 20.8 Å². The number of carbonyl (C=O) groups is 2. The van der Waals surface area contributed by atoms with Gasteiger partial charge in [-0.15, -0.1) is 0 Å². The molecule has 0 unspecified atom stereocenters. The molecule has 0 radical (unpaired) electrons. The van der Waals surface area contributed by atoms with Crippen molar-refractivity contribution in [2.24, 2.45) is 0 Å². The third-order valence-electron chi connectivity index (χ3n) is 4.33. The molecule has 2 aliphatic heterocycles. The number of hydrogen-bond donors (Lipinski definition) is 1. The van der Waals surface area contributed by atoms with Gasteiger partial charge in [0.25, 0.3) is 0 Å². The molecule has 2 aliphatic rings. The molecule has 0 aromatic heterocycles. The quantitative estimate of drug-likeness (QED) is 0.810. The predicted octanol–water partition coefficient (Wildman–Crippen LogP) is 2.05. The molecule has 20 heavy (non-hydrogen) atoms. The highest BCUT2D eigenvalue weighted by molar-refractivity contribution is 6.74. The monoisotopic (exact) mass is 298 g/mol. The summed E-state index contributed by atoms with van der Waals surface area (Å²) in [6, 6.07) is -0.524. The Kier molecular flexibility index (Phi) is 3.46. The standard InChI is InChI=1S/C13H22N2O4Si/c1-13(2,3)20(4,5)19-15-10-6-9(11(16)17)7-14(8-10)12(15)18/h6,10H,7-8H2,1-5H3,(H,16,17)/t10-/m1/s1. The van der Waals surface area contributed by atoms with Crippen LogP contribution in [0.5, 0.6) is 0 Å². The normalized spacial score (nSPS) is 23.1. The van der Waals surface area contributed by atoms with Crippen LogP contribution in [0.4, 0.5) is 4.79 Å². The first-order chi connectivity index (χ1) is 9.03. The number of rotatable bonds is 3. The van der Waals surface area contributed by atoms with Gasteiger partial charge in [-0.2, -0.15) is 0 Å². The van der Waals surface area contributed by atoms with Crippen LogP contribution in [-0.4, -0.2) is 54.5 Å². The summed E-state index contributed by atoms with van der Waals surface area (Å²) in [5.41, 5.74) is 0.260. The van der Waals surface area contributed by atoms with Gasteiger partial charge in [0.15, 0.2) is 0 Å². The van der Waals surface area contributed by atoms with E-state index in [0.29, 0.717) is 6.54 Å². The van der Waals surface area contributed by atoms with Crippen LogP contribution < -0.4 is 0 Å². The molecular formula is C13H22N2O4Si. The first-order valence-electron chi connectivity index (χ1n) is 6.74. The fraction of sp³-hybridized carbons (Fsp3) is 0.692. The van der Waals surface area contributed by atoms with Gasteiger partial charge in [-0.3, -0.25) is 0 Å². The molecule has 7 heteroatoms. The summed E-state index contributed by atoms with van der Waals surface area (Å²) < 4.78 is 6.06. The summed E-state index contributed by atoms with van der Waals surface area (Å²) in [7, 11) is -2.12. The van der Waals surface area contributed by atoms with E-state index >= 15 is 0 Å². The van der Waals surface area contributed by atoms with Gasteiger partial charge in [-0.25, -0.2) is 14.7 Å². The molecule has 0 aliphatic carbocycles. The molecule has 2 amide bonds. The summed E-state index contributed by atoms with van der Waals surface area (Å²) in [4.78, 5) is 24.9. The van der Waals surface area contributed by atoms with Crippen molar-refractivity contribution in [2.45, 2.75) is 44.9 Å². The van der Waals surface area contributed by atoms with E-state index < -0.39 is 14.3 Å². The molecule has 0 aromatic rings. The van der Waals surface area contributed by atoms with Crippen LogP contribution in [0.15, 0.2) is 11.6 Å². The number of carboxylic acid groups (broad SMARTS) is 1. The molecule has 1 saturated heterocycles. The molecule has 2 bridgehead atoms. The smallest absolute Gasteiger partial charge is 0.343 e. The third-order valence-corrected chi connectivity index (χ3v) is 8.60. The van der Waals surface area contributed by atoms with E-state index in [9.17, 15) is 9.59 Å². The molecule has 6 nitrogen and oxygen atoms in total. The Balaban J connectivity index is 2.22. The molecule has 1 fully saturated rings. The van der Waals surface area contributed by atoms with Gasteiger partial charge in [0.2, 0.25) is 8.32 Å². The molecule has 1 N–H and O–H groups in total. The largest absolute Gasteiger partial charge is 0.478 e. The van der Waals surface area contributed by atoms with Crippen molar-refractivity contribution < 1.29 is 19.2 Å². The number of hydrogen-bond acceptors (Lipinski definition) is 3. The van der Waals surface area contributed by atoms with Gasteiger partial charge in [-0.05, 0) is 24.2 Å². The highest BCUT2D eigenvalue weighted by Crippen LogP contribution is 2.39. The summed E-state index contributed by atoms with van der Waals surface area (Å²) in [5, 5.41) is 10.4. The van der Waals surface area contributed by atoms with Crippen molar-refractivity contribution in [2.75, 3.05) is 13.1 Å². The Bertz CT molecular complexity index is 481. The van der Waals surface area contributed by atoms with Crippen molar-refractivity contribution in [3.05, 3.63) is 11.6 Å². The van der Waals surface area contributed by atoms with Crippen LogP contribution in [0.1, 0.15) is 20.8 Å². The zero-order valence-corrected chi connectivity index (χ0v) is 13.6. The molecule has 0 aromatic carbocycles. The number of carbonyl (C=O) groups excluding carboxylic acids is 1. The number of aliphatic carboxylic acids is 1. The Morgan fingerprint density at radius 3 is 2.55 bits per heavy atom. The van der Waals surface area contributed by atoms with Crippen LogP contribution in [0, 0.1) is 0 Å². The second-order valence-corrected chi connectivity index (χ2v) is 11.6. The summed E-state index contributed by atoms with van der Waals surface area (Å²) in [6.45, 7) is 11.1. The van der Waals surface area contributed by atoms with E-state index in [0.717, 1.165) is 0 Å². The number of hydroxylamine groups is 2. The molecule has 1 atom stereocenters. The molecule has 2 heterocycles. The van der Waals surface area contributed by atoms with Crippen molar-refractivity contribution in [1.82, 2.24) is 9.96 Å². The number of urea groups is 1. The van der Waals surface area contributed by atoms with Crippen LogP contribution >= 0.6 is 0 Å². The van der Waals surface area contributed by atoms with Crippen LogP contribution in [0.3, 0.4) is 0 Å². The molecule has 2 rings (SSSR count). The second kappa shape index (κ2) is 4.59. The summed E-state index contributed by atoms with van der Waals surface area (Å²) in [6.07, 6.45) is 1.64. The minimum atomic E-state index is -2.12. The van der Waals surface area contributed by atoms with Crippen molar-refractivity contribution >= 4 is 20.3 Å². The fourth-order valence-corrected chi connectivity index (χ4v) is 3.01. The molecule has 0 saturated carbocycles. The number of nitrogens with zero attached hydrogens (tertiary/aromatic N) is 2. The van der Waals surface area contributed by atoms with Crippen LogP contribution in [0.2, 0.25) is 18.1 Å². The Morgan fingerprint density at radius 1 is 1.45 bits per heavy atom. The topological polar surface area (TPSA) is 70.1 Å². The molecule has 0 spiro atoms. The molecular weight excluding hydrogens is 276 g/mol. The molecule has 112 valence electrons. The first kappa shape index (κ1) is 15.1. The van der Waals surface area contributed by atoms with E-state index in [2.05, 4.69) is 33.9 Å². The lowest BCUT2D eigenvalue weighted by Gasteiger charge is -2.39. The van der Waals surface area contributed by atoms with Gasteiger partial charge in [0.05, 0.1) is 18.2 Å². The Labute approximate surface area is 120 Å². The van der Waals surface area contributed by atoms with E-state index in [4.69, 9.17) is 9.63 Å². The van der Waals surface area contributed by atoms with Gasteiger partial charge in [0, 0.05) is 6.54 Å². The highest BCUT2D eigenvalue weighted by atomic mass is 28.4. The van der Waals surface area contributed by atoms with Gasteiger partial charge < -0.3 is 14.5 Å². The van der Waals surface area contributed by atoms with Crippen molar-refractivity contribution in [3.63, 3.8) is 0 Å². The van der Waals surface area contributed by atoms with Crippen LogP contribution in [-0.2, 0) is 9.32 Å². The zero-order valence-electron chi connectivity index (χ0n) is 12.6.